The molecule has 2 atom stereocenters. The minimum atomic E-state index is -0.232. The van der Waals surface area contributed by atoms with E-state index in [0.717, 1.165) is 12.8 Å². The fourth-order valence-electron chi connectivity index (χ4n) is 2.31. The minimum absolute atomic E-state index is 0.132. The van der Waals surface area contributed by atoms with Gasteiger partial charge >= 0.3 is 0 Å². The molecule has 1 aliphatic rings. The molecule has 0 unspecified atom stereocenters. The Balaban J connectivity index is 2.69. The van der Waals surface area contributed by atoms with Gasteiger partial charge in [-0.25, -0.2) is 0 Å². The zero-order valence-electron chi connectivity index (χ0n) is 8.84. The molecule has 1 aliphatic carbocycles. The van der Waals surface area contributed by atoms with E-state index in [1.807, 2.05) is 6.92 Å². The van der Waals surface area contributed by atoms with Crippen LogP contribution in [0.2, 0.25) is 0 Å². The van der Waals surface area contributed by atoms with Crippen molar-refractivity contribution in [3.8, 4) is 0 Å². The van der Waals surface area contributed by atoms with Gasteiger partial charge in [-0.2, -0.15) is 0 Å². The smallest absolute Gasteiger partial charge is 0.142 e. The van der Waals surface area contributed by atoms with Gasteiger partial charge in [0.25, 0.3) is 0 Å². The van der Waals surface area contributed by atoms with E-state index in [-0.39, 0.29) is 17.9 Å². The summed E-state index contributed by atoms with van der Waals surface area (Å²) in [4.78, 5) is 11.9. The second kappa shape index (κ2) is 3.79. The maximum absolute atomic E-state index is 11.9. The van der Waals surface area contributed by atoms with E-state index >= 15 is 0 Å². The lowest BCUT2D eigenvalue weighted by molar-refractivity contribution is -0.129. The number of aliphatic hydroxyl groups excluding tert-OH is 1. The molecule has 0 heterocycles. The Labute approximate surface area is 80.3 Å². The maximum Gasteiger partial charge on any atom is 0.142 e. The molecule has 76 valence electrons. The molecule has 0 spiro atoms. The predicted octanol–water partition coefficient (Wildman–Crippen LogP) is 2.01. The summed E-state index contributed by atoms with van der Waals surface area (Å²) in [6.45, 7) is 6.33. The van der Waals surface area contributed by atoms with Gasteiger partial charge in [-0.15, -0.1) is 0 Å². The van der Waals surface area contributed by atoms with Crippen LogP contribution >= 0.6 is 0 Å². The zero-order valence-corrected chi connectivity index (χ0v) is 8.84. The predicted molar refractivity (Wildman–Crippen MR) is 52.4 cm³/mol. The van der Waals surface area contributed by atoms with Crippen molar-refractivity contribution in [3.05, 3.63) is 0 Å². The molecule has 0 aliphatic heterocycles. The lowest BCUT2D eigenvalue weighted by Crippen LogP contribution is -2.28. The molecule has 13 heavy (non-hydrogen) atoms. The van der Waals surface area contributed by atoms with Crippen molar-refractivity contribution < 1.29 is 9.90 Å². The monoisotopic (exact) mass is 184 g/mol. The van der Waals surface area contributed by atoms with Crippen LogP contribution in [0.3, 0.4) is 0 Å². The summed E-state index contributed by atoms with van der Waals surface area (Å²) in [5, 5.41) is 8.88. The molecule has 0 bridgehead atoms. The Hall–Kier alpha value is -0.370. The normalized spacial score (nSPS) is 34.5. The van der Waals surface area contributed by atoms with Crippen molar-refractivity contribution in [2.24, 2.45) is 17.3 Å². The number of hydrogen-bond donors (Lipinski definition) is 1. The van der Waals surface area contributed by atoms with Crippen LogP contribution in [0.15, 0.2) is 0 Å². The van der Waals surface area contributed by atoms with Gasteiger partial charge in [-0.3, -0.25) is 4.79 Å². The summed E-state index contributed by atoms with van der Waals surface area (Å²) in [5.41, 5.74) is -0.232. The van der Waals surface area contributed by atoms with Crippen LogP contribution in [0.5, 0.6) is 0 Å². The Bertz CT molecular complexity index is 198. The largest absolute Gasteiger partial charge is 0.396 e. The fraction of sp³-hybridized carbons (Fsp3) is 0.909. The van der Waals surface area contributed by atoms with Crippen molar-refractivity contribution in [1.82, 2.24) is 0 Å². The van der Waals surface area contributed by atoms with E-state index in [4.69, 9.17) is 5.11 Å². The highest BCUT2D eigenvalue weighted by Crippen LogP contribution is 2.43. The average Bonchev–Trinajstić information content (AvgIpc) is 2.30. The Morgan fingerprint density at radius 1 is 1.62 bits per heavy atom. The third-order valence-electron chi connectivity index (χ3n) is 3.41. The first-order valence-electron chi connectivity index (χ1n) is 5.16. The van der Waals surface area contributed by atoms with Gasteiger partial charge in [0.05, 0.1) is 0 Å². The molecular formula is C11H20O2. The zero-order chi connectivity index (χ0) is 10.1. The van der Waals surface area contributed by atoms with Crippen LogP contribution in [-0.4, -0.2) is 17.5 Å². The van der Waals surface area contributed by atoms with Crippen molar-refractivity contribution in [3.63, 3.8) is 0 Å². The van der Waals surface area contributed by atoms with Crippen molar-refractivity contribution >= 4 is 5.78 Å². The summed E-state index contributed by atoms with van der Waals surface area (Å²) >= 11 is 0. The quantitative estimate of drug-likeness (QED) is 0.728. The van der Waals surface area contributed by atoms with Gasteiger partial charge in [0.2, 0.25) is 0 Å². The van der Waals surface area contributed by atoms with E-state index in [9.17, 15) is 4.79 Å². The molecule has 1 saturated carbocycles. The second-order valence-corrected chi connectivity index (χ2v) is 4.79. The summed E-state index contributed by atoms with van der Waals surface area (Å²) in [5.74, 6) is 1.06. The molecule has 0 aromatic rings. The summed E-state index contributed by atoms with van der Waals surface area (Å²) in [6.07, 6.45) is 2.59. The van der Waals surface area contributed by atoms with Gasteiger partial charge < -0.3 is 5.11 Å². The van der Waals surface area contributed by atoms with E-state index < -0.39 is 0 Å². The number of ketones is 1. The molecule has 2 heteroatoms. The van der Waals surface area contributed by atoms with Crippen LogP contribution in [0, 0.1) is 17.3 Å². The fourth-order valence-corrected chi connectivity index (χ4v) is 2.31. The first kappa shape index (κ1) is 10.7. The SMILES string of the molecule is CC(C)[C@@H]1CC[C@@](C)(CCO)C1=O. The molecule has 0 aromatic heterocycles. The Kier molecular flexibility index (Phi) is 3.12. The molecule has 1 fully saturated rings. The third kappa shape index (κ3) is 1.93. The lowest BCUT2D eigenvalue weighted by atomic mass is 9.81. The highest BCUT2D eigenvalue weighted by molar-refractivity contribution is 5.88. The number of carbonyl (C=O) groups excluding carboxylic acids is 1. The van der Waals surface area contributed by atoms with Gasteiger partial charge in [-0.1, -0.05) is 20.8 Å². The second-order valence-electron chi connectivity index (χ2n) is 4.79. The van der Waals surface area contributed by atoms with Crippen LogP contribution < -0.4 is 0 Å². The molecule has 0 amide bonds. The van der Waals surface area contributed by atoms with Crippen molar-refractivity contribution in [2.45, 2.75) is 40.0 Å². The van der Waals surface area contributed by atoms with E-state index in [1.165, 1.54) is 0 Å². The lowest BCUT2D eigenvalue weighted by Gasteiger charge is -2.22. The van der Waals surface area contributed by atoms with Gasteiger partial charge in [0.15, 0.2) is 0 Å². The minimum Gasteiger partial charge on any atom is -0.396 e. The molecule has 1 N–H and O–H groups in total. The molecule has 0 radical (unpaired) electrons. The van der Waals surface area contributed by atoms with Crippen molar-refractivity contribution in [1.29, 1.82) is 0 Å². The summed E-state index contributed by atoms with van der Waals surface area (Å²) in [7, 11) is 0. The van der Waals surface area contributed by atoms with Gasteiger partial charge in [0, 0.05) is 17.9 Å². The summed E-state index contributed by atoms with van der Waals surface area (Å²) in [6, 6.07) is 0. The maximum atomic E-state index is 11.9. The van der Waals surface area contributed by atoms with Gasteiger partial charge in [-0.05, 0) is 25.2 Å². The van der Waals surface area contributed by atoms with Crippen LogP contribution in [0.4, 0.5) is 0 Å². The Morgan fingerprint density at radius 2 is 2.23 bits per heavy atom. The van der Waals surface area contributed by atoms with E-state index in [0.29, 0.717) is 18.1 Å². The number of rotatable bonds is 3. The molecule has 1 rings (SSSR count). The number of aliphatic hydroxyl groups is 1. The highest BCUT2D eigenvalue weighted by Gasteiger charge is 2.44. The van der Waals surface area contributed by atoms with Crippen molar-refractivity contribution in [2.75, 3.05) is 6.61 Å². The van der Waals surface area contributed by atoms with E-state index in [1.54, 1.807) is 0 Å². The number of Topliss-reactive ketones (excluding diaryl/α,β-unsaturated/α-hetero) is 1. The number of hydrogen-bond acceptors (Lipinski definition) is 2. The first-order valence-corrected chi connectivity index (χ1v) is 5.16. The van der Waals surface area contributed by atoms with Crippen LogP contribution in [0.1, 0.15) is 40.0 Å². The van der Waals surface area contributed by atoms with Crippen LogP contribution in [-0.2, 0) is 4.79 Å². The van der Waals surface area contributed by atoms with Gasteiger partial charge in [0.1, 0.15) is 5.78 Å². The first-order chi connectivity index (χ1) is 6.01. The highest BCUT2D eigenvalue weighted by atomic mass is 16.3. The Morgan fingerprint density at radius 3 is 2.62 bits per heavy atom. The molecular weight excluding hydrogens is 164 g/mol. The average molecular weight is 184 g/mol. The third-order valence-corrected chi connectivity index (χ3v) is 3.41. The topological polar surface area (TPSA) is 37.3 Å². The molecule has 2 nitrogen and oxygen atoms in total. The molecule has 0 aromatic carbocycles. The molecule has 0 saturated heterocycles. The van der Waals surface area contributed by atoms with Crippen LogP contribution in [0.25, 0.3) is 0 Å². The van der Waals surface area contributed by atoms with E-state index in [2.05, 4.69) is 13.8 Å². The summed E-state index contributed by atoms with van der Waals surface area (Å²) < 4.78 is 0. The number of carbonyl (C=O) groups is 1. The standard InChI is InChI=1S/C11H20O2/c1-8(2)9-4-5-11(3,6-7-12)10(9)13/h8-9,12H,4-7H2,1-3H3/t9-,11-/m0/s1.